The van der Waals surface area contributed by atoms with E-state index in [1.54, 1.807) is 12.1 Å². The largest absolute Gasteiger partial charge is 0.397 e. The molecule has 1 aromatic carbocycles. The van der Waals surface area contributed by atoms with Crippen LogP contribution in [0.25, 0.3) is 0 Å². The van der Waals surface area contributed by atoms with Crippen molar-refractivity contribution in [2.75, 3.05) is 37.4 Å². The highest BCUT2D eigenvalue weighted by molar-refractivity contribution is 5.96. The van der Waals surface area contributed by atoms with Crippen LogP contribution >= 0.6 is 0 Å². The van der Waals surface area contributed by atoms with Gasteiger partial charge in [0.2, 0.25) is 0 Å². The summed E-state index contributed by atoms with van der Waals surface area (Å²) in [6.45, 7) is 8.05. The van der Waals surface area contributed by atoms with Crippen molar-refractivity contribution in [3.8, 4) is 0 Å². The molecule has 0 aromatic heterocycles. The number of amides is 1. The molecule has 20 heavy (non-hydrogen) atoms. The first-order chi connectivity index (χ1) is 9.69. The zero-order valence-corrected chi connectivity index (χ0v) is 11.9. The number of rotatable bonds is 9. The van der Waals surface area contributed by atoms with Crippen LogP contribution in [-0.2, 0) is 4.74 Å². The molecule has 1 aromatic rings. The molecule has 5 nitrogen and oxygen atoms in total. The van der Waals surface area contributed by atoms with Gasteiger partial charge < -0.3 is 21.1 Å². The lowest BCUT2D eigenvalue weighted by atomic mass is 10.1. The molecule has 0 fully saturated rings. The Bertz CT molecular complexity index is 447. The van der Waals surface area contributed by atoms with Gasteiger partial charge in [-0.1, -0.05) is 6.08 Å². The van der Waals surface area contributed by atoms with Crippen molar-refractivity contribution >= 4 is 17.3 Å². The Morgan fingerprint density at radius 3 is 2.90 bits per heavy atom. The van der Waals surface area contributed by atoms with Crippen molar-refractivity contribution in [1.29, 1.82) is 0 Å². The van der Waals surface area contributed by atoms with Crippen LogP contribution in [0, 0.1) is 0 Å². The first-order valence-corrected chi connectivity index (χ1v) is 6.79. The second-order valence-corrected chi connectivity index (χ2v) is 4.28. The zero-order chi connectivity index (χ0) is 14.8. The fraction of sp³-hybridized carbons (Fsp3) is 0.400. The second kappa shape index (κ2) is 8.98. The fourth-order valence-electron chi connectivity index (χ4n) is 1.65. The summed E-state index contributed by atoms with van der Waals surface area (Å²) < 4.78 is 5.39. The van der Waals surface area contributed by atoms with Gasteiger partial charge in [-0.25, -0.2) is 0 Å². The lowest BCUT2D eigenvalue weighted by Gasteiger charge is -2.11. The summed E-state index contributed by atoms with van der Waals surface area (Å²) in [6, 6.07) is 5.23. The normalized spacial score (nSPS) is 10.1. The van der Waals surface area contributed by atoms with Gasteiger partial charge in [0.05, 0.1) is 24.6 Å². The first-order valence-electron chi connectivity index (χ1n) is 6.79. The van der Waals surface area contributed by atoms with E-state index in [1.807, 2.05) is 19.1 Å². The topological polar surface area (TPSA) is 76.4 Å². The molecular weight excluding hydrogens is 254 g/mol. The van der Waals surface area contributed by atoms with Crippen molar-refractivity contribution in [3.05, 3.63) is 36.4 Å². The number of carbonyl (C=O) groups excluding carboxylic acids is 1. The molecule has 0 aliphatic heterocycles. The highest BCUT2D eigenvalue weighted by atomic mass is 16.5. The summed E-state index contributed by atoms with van der Waals surface area (Å²) >= 11 is 0. The molecule has 0 aliphatic carbocycles. The molecule has 4 N–H and O–H groups in total. The summed E-state index contributed by atoms with van der Waals surface area (Å²) in [7, 11) is 0. The van der Waals surface area contributed by atoms with Crippen molar-refractivity contribution in [1.82, 2.24) is 5.32 Å². The molecule has 0 heterocycles. The van der Waals surface area contributed by atoms with Gasteiger partial charge in [-0.2, -0.15) is 0 Å². The average molecular weight is 277 g/mol. The van der Waals surface area contributed by atoms with Crippen LogP contribution in [0.2, 0.25) is 0 Å². The Morgan fingerprint density at radius 2 is 2.25 bits per heavy atom. The molecule has 0 unspecified atom stereocenters. The fourth-order valence-corrected chi connectivity index (χ4v) is 1.65. The standard InChI is InChI=1S/C15H23N3O2/c1-3-5-9-20-10-8-18-14-7-6-12(11-13(14)16)15(19)17-4-2/h3,6-7,11,18H,1,4-5,8-10,16H2,2H3,(H,17,19). The minimum atomic E-state index is -0.112. The number of hydrogen-bond acceptors (Lipinski definition) is 4. The summed E-state index contributed by atoms with van der Waals surface area (Å²) in [4.78, 5) is 11.7. The maximum atomic E-state index is 11.7. The minimum Gasteiger partial charge on any atom is -0.397 e. The Balaban J connectivity index is 2.43. The highest BCUT2D eigenvalue weighted by Gasteiger charge is 2.06. The van der Waals surface area contributed by atoms with Crippen molar-refractivity contribution in [2.45, 2.75) is 13.3 Å². The predicted molar refractivity (Wildman–Crippen MR) is 83.0 cm³/mol. The van der Waals surface area contributed by atoms with Crippen LogP contribution in [-0.4, -0.2) is 32.2 Å². The third-order valence-corrected chi connectivity index (χ3v) is 2.68. The zero-order valence-electron chi connectivity index (χ0n) is 11.9. The molecule has 0 bridgehead atoms. The quantitative estimate of drug-likeness (QED) is 0.367. The number of hydrogen-bond donors (Lipinski definition) is 3. The average Bonchev–Trinajstić information content (AvgIpc) is 2.44. The van der Waals surface area contributed by atoms with E-state index in [1.165, 1.54) is 0 Å². The number of anilines is 2. The van der Waals surface area contributed by atoms with Crippen LogP contribution in [0.3, 0.4) is 0 Å². The molecule has 0 aliphatic rings. The van der Waals surface area contributed by atoms with E-state index >= 15 is 0 Å². The van der Waals surface area contributed by atoms with E-state index in [4.69, 9.17) is 10.5 Å². The van der Waals surface area contributed by atoms with Crippen molar-refractivity contribution in [3.63, 3.8) is 0 Å². The van der Waals surface area contributed by atoms with Crippen molar-refractivity contribution < 1.29 is 9.53 Å². The van der Waals surface area contributed by atoms with Gasteiger partial charge in [-0.3, -0.25) is 4.79 Å². The van der Waals surface area contributed by atoms with E-state index in [2.05, 4.69) is 17.2 Å². The number of ether oxygens (including phenoxy) is 1. The monoisotopic (exact) mass is 277 g/mol. The van der Waals surface area contributed by atoms with E-state index in [0.29, 0.717) is 37.6 Å². The van der Waals surface area contributed by atoms with E-state index in [-0.39, 0.29) is 5.91 Å². The molecule has 0 saturated heterocycles. The third-order valence-electron chi connectivity index (χ3n) is 2.68. The highest BCUT2D eigenvalue weighted by Crippen LogP contribution is 2.19. The number of nitrogens with two attached hydrogens (primary N) is 1. The Morgan fingerprint density at radius 1 is 1.45 bits per heavy atom. The Hall–Kier alpha value is -2.01. The summed E-state index contributed by atoms with van der Waals surface area (Å²) in [5, 5.41) is 5.92. The first kappa shape index (κ1) is 16.0. The number of nitrogen functional groups attached to an aromatic ring is 1. The molecule has 1 rings (SSSR count). The van der Waals surface area contributed by atoms with Crippen LogP contribution in [0.15, 0.2) is 30.9 Å². The molecule has 0 spiro atoms. The van der Waals surface area contributed by atoms with Gasteiger partial charge in [0.25, 0.3) is 5.91 Å². The van der Waals surface area contributed by atoms with E-state index < -0.39 is 0 Å². The number of benzene rings is 1. The number of carbonyl (C=O) groups is 1. The lowest BCUT2D eigenvalue weighted by molar-refractivity contribution is 0.0956. The Labute approximate surface area is 120 Å². The predicted octanol–water partition coefficient (Wildman–Crippen LogP) is 2.02. The summed E-state index contributed by atoms with van der Waals surface area (Å²) in [5.41, 5.74) is 7.85. The van der Waals surface area contributed by atoms with Gasteiger partial charge >= 0.3 is 0 Å². The van der Waals surface area contributed by atoms with E-state index in [0.717, 1.165) is 12.1 Å². The minimum absolute atomic E-state index is 0.112. The second-order valence-electron chi connectivity index (χ2n) is 4.28. The molecule has 5 heteroatoms. The molecule has 1 amide bonds. The van der Waals surface area contributed by atoms with Gasteiger partial charge in [0.15, 0.2) is 0 Å². The molecule has 0 atom stereocenters. The smallest absolute Gasteiger partial charge is 0.251 e. The Kier molecular flexibility index (Phi) is 7.21. The van der Waals surface area contributed by atoms with Crippen LogP contribution in [0.4, 0.5) is 11.4 Å². The summed E-state index contributed by atoms with van der Waals surface area (Å²) in [5.74, 6) is -0.112. The summed E-state index contributed by atoms with van der Waals surface area (Å²) in [6.07, 6.45) is 2.68. The molecule has 0 saturated carbocycles. The lowest BCUT2D eigenvalue weighted by Crippen LogP contribution is -2.22. The van der Waals surface area contributed by atoms with Crippen LogP contribution in [0.1, 0.15) is 23.7 Å². The number of nitrogens with one attached hydrogen (secondary N) is 2. The van der Waals surface area contributed by atoms with Gasteiger partial charge in [0.1, 0.15) is 0 Å². The molecule has 0 radical (unpaired) electrons. The van der Waals surface area contributed by atoms with Gasteiger partial charge in [0, 0.05) is 18.7 Å². The maximum Gasteiger partial charge on any atom is 0.251 e. The SMILES string of the molecule is C=CCCOCCNc1ccc(C(=O)NCC)cc1N. The van der Waals surface area contributed by atoms with Gasteiger partial charge in [-0.05, 0) is 31.5 Å². The molecule has 110 valence electrons. The van der Waals surface area contributed by atoms with Crippen molar-refractivity contribution in [2.24, 2.45) is 0 Å². The molecular formula is C15H23N3O2. The van der Waals surface area contributed by atoms with E-state index in [9.17, 15) is 4.79 Å². The van der Waals surface area contributed by atoms with Crippen LogP contribution < -0.4 is 16.4 Å². The maximum absolute atomic E-state index is 11.7. The van der Waals surface area contributed by atoms with Gasteiger partial charge in [-0.15, -0.1) is 6.58 Å². The third kappa shape index (κ3) is 5.32. The van der Waals surface area contributed by atoms with Crippen LogP contribution in [0.5, 0.6) is 0 Å².